The first-order valence-corrected chi connectivity index (χ1v) is 13.0. The minimum Gasteiger partial charge on any atom is -0.461 e. The molecule has 2 aromatic rings. The lowest BCUT2D eigenvalue weighted by molar-refractivity contribution is 0.0145. The van der Waals surface area contributed by atoms with Crippen LogP contribution in [0.15, 0.2) is 24.3 Å². The number of esters is 1. The van der Waals surface area contributed by atoms with Crippen molar-refractivity contribution in [2.75, 3.05) is 40.5 Å². The predicted molar refractivity (Wildman–Crippen MR) is 139 cm³/mol. The smallest absolute Gasteiger partial charge is 0.338 e. The maximum Gasteiger partial charge on any atom is 0.338 e. The molecule has 0 radical (unpaired) electrons. The summed E-state index contributed by atoms with van der Waals surface area (Å²) < 4.78 is 13.2. The Labute approximate surface area is 218 Å². The molecule has 1 N–H and O–H groups in total. The van der Waals surface area contributed by atoms with Crippen LogP contribution < -0.4 is 5.32 Å². The van der Waals surface area contributed by atoms with E-state index < -0.39 is 11.4 Å². The number of aryl methyl sites for hydroxylation is 1. The number of nitrogens with zero attached hydrogens (tertiary/aromatic N) is 3. The first-order chi connectivity index (χ1) is 17.5. The van der Waals surface area contributed by atoms with E-state index in [1.807, 2.05) is 25.5 Å². The first kappa shape index (κ1) is 26.9. The van der Waals surface area contributed by atoms with Gasteiger partial charge in [-0.3, -0.25) is 14.3 Å². The molecule has 37 heavy (non-hydrogen) atoms. The van der Waals surface area contributed by atoms with Crippen molar-refractivity contribution < 1.29 is 23.9 Å². The van der Waals surface area contributed by atoms with E-state index in [0.29, 0.717) is 49.4 Å². The summed E-state index contributed by atoms with van der Waals surface area (Å²) in [5.41, 5.74) is 2.92. The molecular formula is C28H38N4O5. The van der Waals surface area contributed by atoms with Crippen LogP contribution in [0.25, 0.3) is 0 Å². The second kappa shape index (κ2) is 10.7. The lowest BCUT2D eigenvalue weighted by Gasteiger charge is -2.36. The normalized spacial score (nSPS) is 17.1. The summed E-state index contributed by atoms with van der Waals surface area (Å²) in [6, 6.07) is 6.48. The maximum absolute atomic E-state index is 13.1. The van der Waals surface area contributed by atoms with Gasteiger partial charge in [-0.15, -0.1) is 0 Å². The van der Waals surface area contributed by atoms with Gasteiger partial charge in [0.2, 0.25) is 0 Å². The lowest BCUT2D eigenvalue weighted by Crippen LogP contribution is -2.41. The second-order valence-electron chi connectivity index (χ2n) is 11.3. The number of aromatic nitrogens is 2. The highest BCUT2D eigenvalue weighted by Gasteiger charge is 2.40. The molecule has 1 spiro atoms. The number of rotatable bonds is 7. The Kier molecular flexibility index (Phi) is 7.73. The third kappa shape index (κ3) is 5.87. The Hall–Kier alpha value is -3.20. The molecule has 9 nitrogen and oxygen atoms in total. The van der Waals surface area contributed by atoms with Crippen molar-refractivity contribution in [2.24, 2.45) is 10.8 Å². The first-order valence-electron chi connectivity index (χ1n) is 13.0. The van der Waals surface area contributed by atoms with Crippen LogP contribution in [0.4, 0.5) is 0 Å². The summed E-state index contributed by atoms with van der Waals surface area (Å²) in [5, 5.41) is 7.99. The molecule has 2 aliphatic rings. The van der Waals surface area contributed by atoms with Crippen molar-refractivity contribution in [3.05, 3.63) is 52.3 Å². The van der Waals surface area contributed by atoms with E-state index in [4.69, 9.17) is 14.6 Å². The topological polar surface area (TPSA) is 103 Å². The number of hydrogen-bond acceptors (Lipinski definition) is 6. The monoisotopic (exact) mass is 510 g/mol. The predicted octanol–water partition coefficient (Wildman–Crippen LogP) is 3.11. The zero-order valence-corrected chi connectivity index (χ0v) is 22.6. The Morgan fingerprint density at radius 3 is 2.43 bits per heavy atom. The van der Waals surface area contributed by atoms with E-state index in [9.17, 15) is 14.4 Å². The zero-order valence-electron chi connectivity index (χ0n) is 22.6. The summed E-state index contributed by atoms with van der Waals surface area (Å²) in [6.45, 7) is 8.81. The van der Waals surface area contributed by atoms with Crippen LogP contribution in [0.3, 0.4) is 0 Å². The van der Waals surface area contributed by atoms with Gasteiger partial charge in [-0.25, -0.2) is 4.79 Å². The zero-order chi connectivity index (χ0) is 26.8. The molecule has 3 heterocycles. The molecule has 0 atom stereocenters. The van der Waals surface area contributed by atoms with Gasteiger partial charge >= 0.3 is 5.97 Å². The number of nitrogens with one attached hydrogen (secondary N) is 1. The molecule has 1 saturated heterocycles. The molecule has 1 aromatic heterocycles. The van der Waals surface area contributed by atoms with Gasteiger partial charge in [0, 0.05) is 51.4 Å². The Bertz CT molecular complexity index is 1160. The van der Waals surface area contributed by atoms with Crippen molar-refractivity contribution in [2.45, 2.75) is 53.0 Å². The minimum absolute atomic E-state index is 0.0291. The van der Waals surface area contributed by atoms with Crippen molar-refractivity contribution in [3.63, 3.8) is 0 Å². The van der Waals surface area contributed by atoms with Gasteiger partial charge in [0.05, 0.1) is 29.1 Å². The van der Waals surface area contributed by atoms with Crippen LogP contribution in [0.1, 0.15) is 76.1 Å². The fraction of sp³-hybridized carbons (Fsp3) is 0.571. The second-order valence-corrected chi connectivity index (χ2v) is 11.3. The molecule has 1 aromatic carbocycles. The number of carbonyl (C=O) groups is 3. The average Bonchev–Trinajstić information content (AvgIpc) is 3.14. The lowest BCUT2D eigenvalue weighted by atomic mass is 9.76. The van der Waals surface area contributed by atoms with Crippen LogP contribution in [-0.2, 0) is 28.9 Å². The maximum atomic E-state index is 13.1. The van der Waals surface area contributed by atoms with Crippen LogP contribution >= 0.6 is 0 Å². The van der Waals surface area contributed by atoms with E-state index in [1.165, 1.54) is 4.90 Å². The minimum atomic E-state index is -0.439. The van der Waals surface area contributed by atoms with Gasteiger partial charge in [-0.2, -0.15) is 5.10 Å². The summed E-state index contributed by atoms with van der Waals surface area (Å²) in [5.74, 6) is -0.616. The largest absolute Gasteiger partial charge is 0.461 e. The number of benzene rings is 1. The average molecular weight is 511 g/mol. The molecule has 0 bridgehead atoms. The third-order valence-electron chi connectivity index (χ3n) is 7.36. The van der Waals surface area contributed by atoms with E-state index in [1.54, 1.807) is 38.4 Å². The van der Waals surface area contributed by atoms with Crippen LogP contribution in [0, 0.1) is 10.8 Å². The van der Waals surface area contributed by atoms with Gasteiger partial charge < -0.3 is 19.7 Å². The summed E-state index contributed by atoms with van der Waals surface area (Å²) in [7, 11) is 3.37. The number of fused-ring (bicyclic) bond motifs is 1. The SMILES string of the molecule is CCc1nn(CC(C)(C)COC(=O)c2ccc(C(=O)N(C)C)cc2)c2c1C(=O)NCC1(CCOCC1)C2. The van der Waals surface area contributed by atoms with Crippen LogP contribution in [-0.4, -0.2) is 72.9 Å². The Morgan fingerprint density at radius 2 is 1.81 bits per heavy atom. The van der Waals surface area contributed by atoms with Gasteiger partial charge in [0.1, 0.15) is 0 Å². The highest BCUT2D eigenvalue weighted by molar-refractivity contribution is 5.97. The van der Waals surface area contributed by atoms with E-state index in [2.05, 4.69) is 5.32 Å². The molecular weight excluding hydrogens is 472 g/mol. The number of ether oxygens (including phenoxy) is 2. The molecule has 2 amide bonds. The molecule has 9 heteroatoms. The van der Waals surface area contributed by atoms with Crippen molar-refractivity contribution in [1.29, 1.82) is 0 Å². The van der Waals surface area contributed by atoms with Crippen molar-refractivity contribution in [3.8, 4) is 0 Å². The number of hydrogen-bond donors (Lipinski definition) is 1. The van der Waals surface area contributed by atoms with E-state index >= 15 is 0 Å². The third-order valence-corrected chi connectivity index (χ3v) is 7.36. The standard InChI is InChI=1S/C28H38N4O5/c1-6-21-23-22(15-28(16-29-24(23)33)11-13-36-14-12-28)32(30-21)17-27(2,3)18-37-26(35)20-9-7-19(8-10-20)25(34)31(4)5/h7-10H,6,11-18H2,1-5H3,(H,29,33). The van der Waals surface area contributed by atoms with Gasteiger partial charge in [0.25, 0.3) is 11.8 Å². The van der Waals surface area contributed by atoms with E-state index in [0.717, 1.165) is 30.7 Å². The fourth-order valence-electron chi connectivity index (χ4n) is 5.11. The Morgan fingerprint density at radius 1 is 1.16 bits per heavy atom. The Balaban J connectivity index is 1.48. The molecule has 4 rings (SSSR count). The molecule has 200 valence electrons. The highest BCUT2D eigenvalue weighted by Crippen LogP contribution is 2.38. The molecule has 0 unspecified atom stereocenters. The quantitative estimate of drug-likeness (QED) is 0.574. The number of amides is 2. The van der Waals surface area contributed by atoms with Crippen LogP contribution in [0.5, 0.6) is 0 Å². The van der Waals surface area contributed by atoms with Crippen molar-refractivity contribution in [1.82, 2.24) is 20.0 Å². The van der Waals surface area contributed by atoms with Crippen molar-refractivity contribution >= 4 is 17.8 Å². The molecule has 2 aliphatic heterocycles. The highest BCUT2D eigenvalue weighted by atomic mass is 16.5. The van der Waals surface area contributed by atoms with Gasteiger partial charge in [0.15, 0.2) is 0 Å². The fourth-order valence-corrected chi connectivity index (χ4v) is 5.11. The van der Waals surface area contributed by atoms with Gasteiger partial charge in [-0.1, -0.05) is 20.8 Å². The molecule has 1 fully saturated rings. The molecule has 0 saturated carbocycles. The molecule has 0 aliphatic carbocycles. The summed E-state index contributed by atoms with van der Waals surface area (Å²) in [6.07, 6.45) is 3.24. The summed E-state index contributed by atoms with van der Waals surface area (Å²) in [4.78, 5) is 39.4. The summed E-state index contributed by atoms with van der Waals surface area (Å²) >= 11 is 0. The van der Waals surface area contributed by atoms with Gasteiger partial charge in [-0.05, 0) is 55.4 Å². The van der Waals surface area contributed by atoms with E-state index in [-0.39, 0.29) is 23.8 Å². The van der Waals surface area contributed by atoms with Crippen LogP contribution in [0.2, 0.25) is 0 Å². The number of carbonyl (C=O) groups excluding carboxylic acids is 3.